The molecule has 0 atom stereocenters. The number of hydrogen-bond donors (Lipinski definition) is 2. The number of aliphatic imine (C=N–C) groups is 1. The van der Waals surface area contributed by atoms with Crippen molar-refractivity contribution in [3.8, 4) is 0 Å². The minimum atomic E-state index is 0.716. The molecular weight excluding hydrogens is 276 g/mol. The first kappa shape index (κ1) is 16.6. The van der Waals surface area contributed by atoms with Gasteiger partial charge in [-0.25, -0.2) is 4.99 Å². The van der Waals surface area contributed by atoms with Crippen LogP contribution in [0.4, 0.5) is 5.69 Å². The van der Waals surface area contributed by atoms with Crippen LogP contribution in [0.15, 0.2) is 29.3 Å². The van der Waals surface area contributed by atoms with Crippen LogP contribution in [0.1, 0.15) is 25.3 Å². The van der Waals surface area contributed by atoms with Crippen molar-refractivity contribution in [1.29, 1.82) is 0 Å². The summed E-state index contributed by atoms with van der Waals surface area (Å²) in [4.78, 5) is 7.11. The number of benzene rings is 1. The molecule has 2 rings (SSSR count). The van der Waals surface area contributed by atoms with Gasteiger partial charge in [0.15, 0.2) is 5.96 Å². The lowest BCUT2D eigenvalue weighted by Gasteiger charge is -2.20. The van der Waals surface area contributed by atoms with Crippen LogP contribution >= 0.6 is 0 Å². The van der Waals surface area contributed by atoms with Crippen molar-refractivity contribution < 1.29 is 4.74 Å². The molecule has 2 N–H and O–H groups in total. The Morgan fingerprint density at radius 2 is 1.95 bits per heavy atom. The normalized spacial score (nSPS) is 15.2. The van der Waals surface area contributed by atoms with Crippen LogP contribution in [-0.2, 0) is 11.3 Å². The van der Waals surface area contributed by atoms with Gasteiger partial charge in [0, 0.05) is 39.0 Å². The molecule has 22 heavy (non-hydrogen) atoms. The fraction of sp³-hybridized carbons (Fsp3) is 0.588. The van der Waals surface area contributed by atoms with Gasteiger partial charge in [-0.3, -0.25) is 0 Å². The summed E-state index contributed by atoms with van der Waals surface area (Å²) in [5.74, 6) is 1.04. The maximum absolute atomic E-state index is 5.03. The van der Waals surface area contributed by atoms with E-state index in [0.717, 1.165) is 44.4 Å². The Morgan fingerprint density at radius 1 is 1.23 bits per heavy atom. The van der Waals surface area contributed by atoms with E-state index in [9.17, 15) is 0 Å². The van der Waals surface area contributed by atoms with Gasteiger partial charge in [0.05, 0.1) is 13.2 Å². The average Bonchev–Trinajstić information content (AvgIpc) is 3.07. The second-order valence-electron chi connectivity index (χ2n) is 5.48. The van der Waals surface area contributed by atoms with Gasteiger partial charge < -0.3 is 20.3 Å². The summed E-state index contributed by atoms with van der Waals surface area (Å²) in [5, 5.41) is 6.71. The molecule has 1 aliphatic heterocycles. The summed E-state index contributed by atoms with van der Waals surface area (Å²) in [6.07, 6.45) is 2.54. The fourth-order valence-electron chi connectivity index (χ4n) is 2.55. The standard InChI is InChI=1S/C17H28N4O/c1-3-18-17(21-11-4-5-12-21)20-14-15-6-8-16(9-7-15)19-10-13-22-2/h6-9,19H,3-5,10-14H2,1-2H3,(H,18,20). The minimum absolute atomic E-state index is 0.716. The van der Waals surface area contributed by atoms with Gasteiger partial charge >= 0.3 is 0 Å². The zero-order valence-corrected chi connectivity index (χ0v) is 13.8. The molecule has 0 radical (unpaired) electrons. The van der Waals surface area contributed by atoms with Crippen LogP contribution in [0.3, 0.4) is 0 Å². The van der Waals surface area contributed by atoms with Crippen molar-refractivity contribution in [2.75, 3.05) is 45.2 Å². The number of ether oxygens (including phenoxy) is 1. The molecule has 5 heteroatoms. The van der Waals surface area contributed by atoms with E-state index in [-0.39, 0.29) is 0 Å². The number of methoxy groups -OCH3 is 1. The van der Waals surface area contributed by atoms with Gasteiger partial charge in [0.25, 0.3) is 0 Å². The second-order valence-corrected chi connectivity index (χ2v) is 5.48. The predicted octanol–water partition coefficient (Wildman–Crippen LogP) is 2.31. The first-order chi connectivity index (χ1) is 10.8. The van der Waals surface area contributed by atoms with E-state index in [1.807, 2.05) is 0 Å². The predicted molar refractivity (Wildman–Crippen MR) is 92.4 cm³/mol. The molecule has 1 aromatic carbocycles. The molecule has 0 aromatic heterocycles. The van der Waals surface area contributed by atoms with Crippen molar-refractivity contribution in [1.82, 2.24) is 10.2 Å². The van der Waals surface area contributed by atoms with Crippen LogP contribution in [-0.4, -0.2) is 50.8 Å². The second kappa shape index (κ2) is 9.30. The summed E-state index contributed by atoms with van der Waals surface area (Å²) in [6, 6.07) is 8.46. The molecule has 0 bridgehead atoms. The van der Waals surface area contributed by atoms with Gasteiger partial charge in [0.2, 0.25) is 0 Å². The van der Waals surface area contributed by atoms with E-state index < -0.39 is 0 Å². The molecule has 122 valence electrons. The first-order valence-corrected chi connectivity index (χ1v) is 8.18. The fourth-order valence-corrected chi connectivity index (χ4v) is 2.55. The lowest BCUT2D eigenvalue weighted by Crippen LogP contribution is -2.39. The van der Waals surface area contributed by atoms with Crippen molar-refractivity contribution in [2.45, 2.75) is 26.3 Å². The summed E-state index contributed by atoms with van der Waals surface area (Å²) >= 11 is 0. The van der Waals surface area contributed by atoms with E-state index in [2.05, 4.69) is 46.7 Å². The number of nitrogens with one attached hydrogen (secondary N) is 2. The highest BCUT2D eigenvalue weighted by molar-refractivity contribution is 5.80. The molecule has 1 fully saturated rings. The molecule has 1 saturated heterocycles. The molecule has 1 aliphatic rings. The number of likely N-dealkylation sites (tertiary alicyclic amines) is 1. The number of hydrogen-bond acceptors (Lipinski definition) is 3. The molecular formula is C17H28N4O. The Morgan fingerprint density at radius 3 is 2.59 bits per heavy atom. The maximum Gasteiger partial charge on any atom is 0.194 e. The molecule has 0 saturated carbocycles. The Kier molecular flexibility index (Phi) is 7.03. The SMILES string of the molecule is CCNC(=NCc1ccc(NCCOC)cc1)N1CCCC1. The van der Waals surface area contributed by atoms with E-state index in [0.29, 0.717) is 6.61 Å². The molecule has 0 spiro atoms. The summed E-state index contributed by atoms with van der Waals surface area (Å²) in [7, 11) is 1.71. The van der Waals surface area contributed by atoms with Crippen molar-refractivity contribution in [3.63, 3.8) is 0 Å². The molecule has 0 amide bonds. The van der Waals surface area contributed by atoms with E-state index in [1.165, 1.54) is 18.4 Å². The summed E-state index contributed by atoms with van der Waals surface area (Å²) in [5.41, 5.74) is 2.35. The number of guanidine groups is 1. The number of rotatable bonds is 7. The van der Waals surface area contributed by atoms with E-state index >= 15 is 0 Å². The van der Waals surface area contributed by atoms with Gasteiger partial charge in [0.1, 0.15) is 0 Å². The third kappa shape index (κ3) is 5.22. The average molecular weight is 304 g/mol. The summed E-state index contributed by atoms with van der Waals surface area (Å²) in [6.45, 7) is 7.53. The van der Waals surface area contributed by atoms with Crippen LogP contribution in [0.2, 0.25) is 0 Å². The lowest BCUT2D eigenvalue weighted by molar-refractivity contribution is 0.211. The maximum atomic E-state index is 5.03. The van der Waals surface area contributed by atoms with Gasteiger partial charge in [-0.2, -0.15) is 0 Å². The highest BCUT2D eigenvalue weighted by Gasteiger charge is 2.15. The van der Waals surface area contributed by atoms with Crippen LogP contribution in [0, 0.1) is 0 Å². The van der Waals surface area contributed by atoms with Gasteiger partial charge in [-0.1, -0.05) is 12.1 Å². The lowest BCUT2D eigenvalue weighted by atomic mass is 10.2. The Balaban J connectivity index is 1.89. The Bertz CT molecular complexity index is 452. The zero-order chi connectivity index (χ0) is 15.6. The van der Waals surface area contributed by atoms with E-state index in [1.54, 1.807) is 7.11 Å². The zero-order valence-electron chi connectivity index (χ0n) is 13.8. The van der Waals surface area contributed by atoms with Crippen molar-refractivity contribution in [2.24, 2.45) is 4.99 Å². The van der Waals surface area contributed by atoms with Crippen molar-refractivity contribution >= 4 is 11.6 Å². The Labute approximate surface area is 133 Å². The van der Waals surface area contributed by atoms with Crippen molar-refractivity contribution in [3.05, 3.63) is 29.8 Å². The first-order valence-electron chi connectivity index (χ1n) is 8.18. The molecule has 5 nitrogen and oxygen atoms in total. The van der Waals surface area contributed by atoms with Crippen LogP contribution in [0.5, 0.6) is 0 Å². The third-order valence-corrected chi connectivity index (χ3v) is 3.74. The van der Waals surface area contributed by atoms with Gasteiger partial charge in [-0.15, -0.1) is 0 Å². The number of anilines is 1. The topological polar surface area (TPSA) is 48.9 Å². The molecule has 1 heterocycles. The van der Waals surface area contributed by atoms with Crippen LogP contribution in [0.25, 0.3) is 0 Å². The quantitative estimate of drug-likeness (QED) is 0.461. The number of nitrogens with zero attached hydrogens (tertiary/aromatic N) is 2. The monoisotopic (exact) mass is 304 g/mol. The molecule has 1 aromatic rings. The van der Waals surface area contributed by atoms with Crippen LogP contribution < -0.4 is 10.6 Å². The Hall–Kier alpha value is -1.75. The van der Waals surface area contributed by atoms with E-state index in [4.69, 9.17) is 9.73 Å². The molecule has 0 unspecified atom stereocenters. The largest absolute Gasteiger partial charge is 0.383 e. The third-order valence-electron chi connectivity index (χ3n) is 3.74. The molecule has 0 aliphatic carbocycles. The highest BCUT2D eigenvalue weighted by atomic mass is 16.5. The van der Waals surface area contributed by atoms with Gasteiger partial charge in [-0.05, 0) is 37.5 Å². The summed E-state index contributed by atoms with van der Waals surface area (Å²) < 4.78 is 5.03. The minimum Gasteiger partial charge on any atom is -0.383 e. The highest BCUT2D eigenvalue weighted by Crippen LogP contribution is 2.12. The smallest absolute Gasteiger partial charge is 0.194 e.